The van der Waals surface area contributed by atoms with E-state index in [-0.39, 0.29) is 36.4 Å². The van der Waals surface area contributed by atoms with Crippen LogP contribution in [0.2, 0.25) is 0 Å². The van der Waals surface area contributed by atoms with Gasteiger partial charge in [0.25, 0.3) is 0 Å². The molecule has 21 nitrogen and oxygen atoms in total. The van der Waals surface area contributed by atoms with Crippen molar-refractivity contribution < 1.29 is 104 Å². The van der Waals surface area contributed by atoms with E-state index in [1.54, 1.807) is 6.92 Å². The molecule has 0 radical (unpaired) electrons. The molecule has 0 bridgehead atoms. The summed E-state index contributed by atoms with van der Waals surface area (Å²) in [6.07, 6.45) is -12.5. The molecule has 74 heavy (non-hydrogen) atoms. The van der Waals surface area contributed by atoms with Crippen molar-refractivity contribution in [1.29, 1.82) is 0 Å². The smallest absolute Gasteiger partial charge is 0.337 e. The lowest BCUT2D eigenvalue weighted by Crippen LogP contribution is -2.70. The van der Waals surface area contributed by atoms with Gasteiger partial charge in [0.2, 0.25) is 12.6 Å². The average Bonchev–Trinajstić information content (AvgIpc) is 3.36. The Morgan fingerprint density at radius 1 is 0.797 bits per heavy atom. The van der Waals surface area contributed by atoms with Crippen LogP contribution in [0.5, 0.6) is 0 Å². The van der Waals surface area contributed by atoms with E-state index >= 15 is 0 Å². The molecule has 25 atom stereocenters. The second-order valence-electron chi connectivity index (χ2n) is 24.1. The Kier molecular flexibility index (Phi) is 15.9. The molecule has 11 N–H and O–H groups in total. The summed E-state index contributed by atoms with van der Waals surface area (Å²) >= 11 is 0. The third-order valence-corrected chi connectivity index (χ3v) is 20.5. The number of methoxy groups -OCH3 is 1. The molecule has 5 aliphatic carbocycles. The first-order valence-corrected chi connectivity index (χ1v) is 26.2. The molecule has 0 amide bonds. The lowest BCUT2D eigenvalue weighted by Gasteiger charge is -2.72. The zero-order valence-electron chi connectivity index (χ0n) is 43.4. The van der Waals surface area contributed by atoms with Crippen molar-refractivity contribution in [1.82, 2.24) is 0 Å². The van der Waals surface area contributed by atoms with Crippen LogP contribution in [-0.4, -0.2) is 187 Å². The molecule has 3 aliphatic heterocycles. The monoisotopic (exact) mass is 1050 g/mol. The van der Waals surface area contributed by atoms with Crippen LogP contribution in [0.4, 0.5) is 0 Å². The van der Waals surface area contributed by atoms with E-state index in [1.807, 2.05) is 13.8 Å². The standard InChI is InChI=1S/C53H80O21/c1-9-25-26(27(43(65)68-8)22-69-44(25)73-45-39(62)37(60)35(58)30(20-54)71-45)18-34(57)70-23-49(4)32-13-14-51(6)33(48(32,3)19-29(56)42(49)64)11-10-28-41-52(7,67)24(2)12-15-53(41,17-16-50(28,51)5)47(66)74-46-40(63)38(61)36(59)31(21-55)72-46/h9-10,22,24-26,29-33,35-42,44-46,54-56,58-64,67H,1,11-21,23H2,2-8H3/t24-,25-,26-,29-,30-,31-,32+,33-,35-,36-,37+,38+,39-,40-,41-,42+,44+,45+,46+,48+,49-,50-,51-,52-,53+/m1/s1. The third-order valence-electron chi connectivity index (χ3n) is 20.5. The SMILES string of the molecule is C=C[C@H]1[C@H](O[C@@H]2O[C@H](CO)[C@@H](O)[C@H](O)[C@H]2O)OC=C(C(=O)OC)[C@@H]1CC(=O)OC[C@]1(C)[C@H]2CC[C@]3(C)[C@H](CC=C4[C@H]5[C@](C(=O)O[C@@H]6O[C@H](CO)[C@@H](O)[C@H](O)[C@H]6O)(CC[C@@H](C)[C@@]5(C)O)CC[C@]43C)[C@@]2(C)C[C@@H](O)[C@@H]1O. The van der Waals surface area contributed by atoms with E-state index in [9.17, 15) is 70.6 Å². The first-order chi connectivity index (χ1) is 34.7. The minimum absolute atomic E-state index is 0.0606. The number of hydrogen-bond acceptors (Lipinski definition) is 21. The number of carbonyl (C=O) groups excluding carboxylic acids is 3. The zero-order valence-corrected chi connectivity index (χ0v) is 43.4. The Balaban J connectivity index is 1.04. The Morgan fingerprint density at radius 2 is 1.42 bits per heavy atom. The Bertz CT molecular complexity index is 2180. The van der Waals surface area contributed by atoms with Gasteiger partial charge in [-0.3, -0.25) is 9.59 Å². The van der Waals surface area contributed by atoms with Gasteiger partial charge in [0.1, 0.15) is 48.8 Å². The maximum atomic E-state index is 14.8. The molecular weight excluding hydrogens is 973 g/mol. The fourth-order valence-corrected chi connectivity index (χ4v) is 15.8. The third kappa shape index (κ3) is 8.80. The second-order valence-corrected chi connectivity index (χ2v) is 24.1. The van der Waals surface area contributed by atoms with Crippen molar-refractivity contribution in [2.24, 2.45) is 62.6 Å². The fraction of sp³-hybridized carbons (Fsp3) is 0.830. The highest BCUT2D eigenvalue weighted by atomic mass is 16.8. The van der Waals surface area contributed by atoms with Crippen molar-refractivity contribution in [3.8, 4) is 0 Å². The van der Waals surface area contributed by atoms with E-state index in [0.29, 0.717) is 44.9 Å². The Morgan fingerprint density at radius 3 is 2.03 bits per heavy atom. The van der Waals surface area contributed by atoms with Crippen LogP contribution in [0.3, 0.4) is 0 Å². The molecule has 0 spiro atoms. The van der Waals surface area contributed by atoms with Crippen molar-refractivity contribution in [3.05, 3.63) is 36.1 Å². The van der Waals surface area contributed by atoms with E-state index < -0.39 is 168 Å². The Hall–Kier alpha value is -3.13. The molecule has 8 aliphatic rings. The normalized spacial score (nSPS) is 51.0. The lowest BCUT2D eigenvalue weighted by atomic mass is 9.33. The number of ether oxygens (including phenoxy) is 7. The second kappa shape index (κ2) is 20.6. The van der Waals surface area contributed by atoms with Gasteiger partial charge in [-0.2, -0.15) is 0 Å². The molecule has 8 rings (SSSR count). The Labute approximate surface area is 431 Å². The van der Waals surface area contributed by atoms with Crippen LogP contribution in [-0.2, 0) is 47.5 Å². The summed E-state index contributed by atoms with van der Waals surface area (Å²) in [6, 6.07) is 0. The van der Waals surface area contributed by atoms with E-state index in [4.69, 9.17) is 33.2 Å². The molecule has 0 aromatic carbocycles. The quantitative estimate of drug-likeness (QED) is 0.0696. The molecule has 418 valence electrons. The largest absolute Gasteiger partial charge is 0.471 e. The van der Waals surface area contributed by atoms with Crippen LogP contribution in [0.15, 0.2) is 36.1 Å². The number of hydrogen-bond donors (Lipinski definition) is 11. The van der Waals surface area contributed by atoms with E-state index in [1.165, 1.54) is 6.08 Å². The highest BCUT2D eigenvalue weighted by molar-refractivity contribution is 5.90. The molecule has 0 aromatic rings. The van der Waals surface area contributed by atoms with Crippen LogP contribution in [0, 0.1) is 62.6 Å². The van der Waals surface area contributed by atoms with Gasteiger partial charge in [-0.15, -0.1) is 6.58 Å². The van der Waals surface area contributed by atoms with Gasteiger partial charge in [-0.05, 0) is 92.3 Å². The van der Waals surface area contributed by atoms with Gasteiger partial charge < -0.3 is 89.3 Å². The number of carbonyl (C=O) groups is 3. The van der Waals surface area contributed by atoms with Crippen molar-refractivity contribution in [2.45, 2.75) is 185 Å². The zero-order chi connectivity index (χ0) is 54.4. The van der Waals surface area contributed by atoms with Crippen LogP contribution < -0.4 is 0 Å². The minimum Gasteiger partial charge on any atom is -0.471 e. The highest BCUT2D eigenvalue weighted by Crippen LogP contribution is 2.76. The maximum absolute atomic E-state index is 14.8. The summed E-state index contributed by atoms with van der Waals surface area (Å²) in [5, 5.41) is 119. The number of aliphatic hydroxyl groups excluding tert-OH is 10. The fourth-order valence-electron chi connectivity index (χ4n) is 15.8. The minimum atomic E-state index is -1.80. The highest BCUT2D eigenvalue weighted by Gasteiger charge is 2.73. The van der Waals surface area contributed by atoms with Crippen molar-refractivity contribution in [2.75, 3.05) is 26.9 Å². The molecule has 0 aromatic heterocycles. The molecule has 0 unspecified atom stereocenters. The van der Waals surface area contributed by atoms with Crippen molar-refractivity contribution in [3.63, 3.8) is 0 Å². The van der Waals surface area contributed by atoms with E-state index in [2.05, 4.69) is 33.4 Å². The predicted octanol–water partition coefficient (Wildman–Crippen LogP) is -0.00480. The molecule has 4 saturated carbocycles. The number of fused-ring (bicyclic) bond motifs is 7. The van der Waals surface area contributed by atoms with Gasteiger partial charge in [0.05, 0.1) is 68.4 Å². The van der Waals surface area contributed by atoms with Crippen LogP contribution >= 0.6 is 0 Å². The number of rotatable bonds is 12. The number of aliphatic hydroxyl groups is 11. The number of allylic oxidation sites excluding steroid dienone is 1. The summed E-state index contributed by atoms with van der Waals surface area (Å²) in [7, 11) is 1.15. The van der Waals surface area contributed by atoms with Gasteiger partial charge in [0.15, 0.2) is 6.29 Å². The van der Waals surface area contributed by atoms with Gasteiger partial charge in [-0.1, -0.05) is 52.3 Å². The average molecular weight is 1050 g/mol. The summed E-state index contributed by atoms with van der Waals surface area (Å²) in [5.41, 5.74) is -4.73. The molecule has 6 fully saturated rings. The lowest BCUT2D eigenvalue weighted by molar-refractivity contribution is -0.339. The van der Waals surface area contributed by atoms with Gasteiger partial charge in [0, 0.05) is 23.2 Å². The molecule has 3 heterocycles. The summed E-state index contributed by atoms with van der Waals surface area (Å²) < 4.78 is 39.8. The summed E-state index contributed by atoms with van der Waals surface area (Å²) in [6.45, 7) is 14.2. The predicted molar refractivity (Wildman–Crippen MR) is 255 cm³/mol. The molecular formula is C53H80O21. The summed E-state index contributed by atoms with van der Waals surface area (Å²) in [5.74, 6) is -5.70. The summed E-state index contributed by atoms with van der Waals surface area (Å²) in [4.78, 5) is 42.1. The molecule has 2 saturated heterocycles. The van der Waals surface area contributed by atoms with Gasteiger partial charge in [-0.25, -0.2) is 4.79 Å². The molecule has 21 heteroatoms. The topological polar surface area (TPSA) is 338 Å². The van der Waals surface area contributed by atoms with Crippen LogP contribution in [0.25, 0.3) is 0 Å². The first-order valence-electron chi connectivity index (χ1n) is 26.2. The number of esters is 3. The van der Waals surface area contributed by atoms with Gasteiger partial charge >= 0.3 is 17.9 Å². The van der Waals surface area contributed by atoms with Crippen molar-refractivity contribution >= 4 is 17.9 Å². The van der Waals surface area contributed by atoms with E-state index in [0.717, 1.165) is 18.9 Å². The van der Waals surface area contributed by atoms with Crippen LogP contribution in [0.1, 0.15) is 99.3 Å². The first kappa shape index (κ1) is 57.1. The maximum Gasteiger partial charge on any atom is 0.337 e.